The van der Waals surface area contributed by atoms with Crippen molar-refractivity contribution in [3.05, 3.63) is 47.4 Å². The van der Waals surface area contributed by atoms with Crippen LogP contribution in [0.4, 0.5) is 5.69 Å². The summed E-state index contributed by atoms with van der Waals surface area (Å²) < 4.78 is 1.72. The van der Waals surface area contributed by atoms with Gasteiger partial charge in [-0.2, -0.15) is 5.10 Å². The lowest BCUT2D eigenvalue weighted by Gasteiger charge is -2.06. The fourth-order valence-corrected chi connectivity index (χ4v) is 2.43. The first-order chi connectivity index (χ1) is 9.56. The highest BCUT2D eigenvalue weighted by Crippen LogP contribution is 2.20. The number of rotatable bonds is 2. The summed E-state index contributed by atoms with van der Waals surface area (Å²) in [6.45, 7) is 3.74. The molecule has 2 N–H and O–H groups in total. The van der Waals surface area contributed by atoms with Gasteiger partial charge in [0.15, 0.2) is 0 Å². The summed E-state index contributed by atoms with van der Waals surface area (Å²) >= 11 is 0. The molecule has 3 rings (SSSR count). The van der Waals surface area contributed by atoms with E-state index in [1.54, 1.807) is 4.68 Å². The van der Waals surface area contributed by atoms with Gasteiger partial charge in [0.05, 0.1) is 11.3 Å². The molecule has 5 nitrogen and oxygen atoms in total. The second kappa shape index (κ2) is 4.52. The third-order valence-corrected chi connectivity index (χ3v) is 3.55. The third-order valence-electron chi connectivity index (χ3n) is 3.55. The van der Waals surface area contributed by atoms with Crippen LogP contribution in [0.5, 0.6) is 0 Å². The van der Waals surface area contributed by atoms with Crippen molar-refractivity contribution in [2.75, 3.05) is 5.32 Å². The Balaban J connectivity index is 1.91. The fraction of sp³-hybridized carbons (Fsp3) is 0.200. The molecule has 20 heavy (non-hydrogen) atoms. The maximum absolute atomic E-state index is 12.4. The molecule has 2 aromatic heterocycles. The van der Waals surface area contributed by atoms with Gasteiger partial charge >= 0.3 is 0 Å². The molecule has 0 atom stereocenters. The minimum absolute atomic E-state index is 0.122. The van der Waals surface area contributed by atoms with E-state index in [9.17, 15) is 4.79 Å². The summed E-state index contributed by atoms with van der Waals surface area (Å²) in [6, 6.07) is 7.77. The largest absolute Gasteiger partial charge is 0.361 e. The number of hydrogen-bond donors (Lipinski definition) is 2. The Bertz CT molecular complexity index is 797. The Morgan fingerprint density at radius 1 is 1.30 bits per heavy atom. The number of benzene rings is 1. The van der Waals surface area contributed by atoms with E-state index in [1.807, 2.05) is 51.4 Å². The number of amides is 1. The van der Waals surface area contributed by atoms with Gasteiger partial charge in [0.1, 0.15) is 0 Å². The van der Waals surface area contributed by atoms with Gasteiger partial charge in [-0.25, -0.2) is 0 Å². The number of H-pyrrole nitrogens is 1. The lowest BCUT2D eigenvalue weighted by molar-refractivity contribution is 0.102. The van der Waals surface area contributed by atoms with Crippen LogP contribution in [0.2, 0.25) is 0 Å². The van der Waals surface area contributed by atoms with Gasteiger partial charge in [0.25, 0.3) is 5.91 Å². The molecule has 3 aromatic rings. The topological polar surface area (TPSA) is 62.7 Å². The normalized spacial score (nSPS) is 10.9. The Labute approximate surface area is 116 Å². The van der Waals surface area contributed by atoms with Crippen LogP contribution >= 0.6 is 0 Å². The molecular weight excluding hydrogens is 252 g/mol. The summed E-state index contributed by atoms with van der Waals surface area (Å²) in [5.74, 6) is -0.122. The molecule has 0 unspecified atom stereocenters. The number of anilines is 1. The van der Waals surface area contributed by atoms with Crippen LogP contribution in [0.25, 0.3) is 10.9 Å². The third kappa shape index (κ3) is 1.97. The van der Waals surface area contributed by atoms with Crippen LogP contribution in [0.15, 0.2) is 30.5 Å². The average Bonchev–Trinajstić information content (AvgIpc) is 2.94. The first-order valence-electron chi connectivity index (χ1n) is 6.45. The number of aromatic nitrogens is 3. The Kier molecular flexibility index (Phi) is 2.82. The van der Waals surface area contributed by atoms with Gasteiger partial charge in [-0.15, -0.1) is 0 Å². The molecule has 2 heterocycles. The smallest absolute Gasteiger partial charge is 0.259 e. The molecule has 0 bridgehead atoms. The van der Waals surface area contributed by atoms with E-state index in [0.29, 0.717) is 5.56 Å². The molecule has 0 fully saturated rings. The van der Waals surface area contributed by atoms with E-state index in [2.05, 4.69) is 15.4 Å². The lowest BCUT2D eigenvalue weighted by Crippen LogP contribution is -2.14. The fourth-order valence-electron chi connectivity index (χ4n) is 2.43. The average molecular weight is 268 g/mol. The zero-order chi connectivity index (χ0) is 14.3. The number of hydrogen-bond acceptors (Lipinski definition) is 2. The Morgan fingerprint density at radius 2 is 2.10 bits per heavy atom. The summed E-state index contributed by atoms with van der Waals surface area (Å²) in [4.78, 5) is 15.5. The molecule has 5 heteroatoms. The van der Waals surface area contributed by atoms with Crippen molar-refractivity contribution in [2.24, 2.45) is 7.05 Å². The maximum atomic E-state index is 12.4. The number of nitrogens with one attached hydrogen (secondary N) is 2. The number of carbonyl (C=O) groups is 1. The van der Waals surface area contributed by atoms with Crippen molar-refractivity contribution in [1.82, 2.24) is 14.8 Å². The highest BCUT2D eigenvalue weighted by atomic mass is 16.1. The van der Waals surface area contributed by atoms with Crippen molar-refractivity contribution < 1.29 is 4.79 Å². The second-order valence-electron chi connectivity index (χ2n) is 4.90. The molecule has 0 aliphatic heterocycles. The quantitative estimate of drug-likeness (QED) is 0.750. The molecule has 0 aliphatic carbocycles. The maximum Gasteiger partial charge on any atom is 0.259 e. The van der Waals surface area contributed by atoms with Crippen molar-refractivity contribution >= 4 is 22.5 Å². The Morgan fingerprint density at radius 3 is 2.80 bits per heavy atom. The molecule has 0 aliphatic rings. The zero-order valence-electron chi connectivity index (χ0n) is 11.7. The SMILES string of the molecule is Cc1nn(C)c(C)c1C(=O)Nc1ccc2[nH]ccc2c1. The Hall–Kier alpha value is -2.56. The molecule has 1 aromatic carbocycles. The van der Waals surface area contributed by atoms with Gasteiger partial charge in [-0.1, -0.05) is 0 Å². The zero-order valence-corrected chi connectivity index (χ0v) is 11.7. The van der Waals surface area contributed by atoms with Crippen molar-refractivity contribution in [3.8, 4) is 0 Å². The van der Waals surface area contributed by atoms with E-state index in [4.69, 9.17) is 0 Å². The number of aryl methyl sites for hydroxylation is 2. The van der Waals surface area contributed by atoms with Crippen molar-refractivity contribution in [2.45, 2.75) is 13.8 Å². The minimum Gasteiger partial charge on any atom is -0.361 e. The van der Waals surface area contributed by atoms with E-state index in [-0.39, 0.29) is 5.91 Å². The van der Waals surface area contributed by atoms with Gasteiger partial charge < -0.3 is 10.3 Å². The number of nitrogens with zero attached hydrogens (tertiary/aromatic N) is 2. The van der Waals surface area contributed by atoms with E-state index in [1.165, 1.54) is 0 Å². The molecule has 0 saturated carbocycles. The molecule has 1 amide bonds. The minimum atomic E-state index is -0.122. The predicted molar refractivity (Wildman–Crippen MR) is 78.9 cm³/mol. The molecule has 0 radical (unpaired) electrons. The van der Waals surface area contributed by atoms with Gasteiger partial charge in [0, 0.05) is 35.5 Å². The monoisotopic (exact) mass is 268 g/mol. The summed E-state index contributed by atoms with van der Waals surface area (Å²) in [6.07, 6.45) is 1.88. The highest BCUT2D eigenvalue weighted by molar-refractivity contribution is 6.06. The van der Waals surface area contributed by atoms with Crippen LogP contribution < -0.4 is 5.32 Å². The van der Waals surface area contributed by atoms with Crippen LogP contribution in [0.1, 0.15) is 21.7 Å². The van der Waals surface area contributed by atoms with Gasteiger partial charge in [-0.3, -0.25) is 9.48 Å². The number of carbonyl (C=O) groups excluding carboxylic acids is 1. The standard InChI is InChI=1S/C15H16N4O/c1-9-14(10(2)19(3)18-9)15(20)17-12-4-5-13-11(8-12)6-7-16-13/h4-8,16H,1-3H3,(H,17,20). The summed E-state index contributed by atoms with van der Waals surface area (Å²) in [7, 11) is 1.84. The van der Waals surface area contributed by atoms with E-state index in [0.717, 1.165) is 28.0 Å². The summed E-state index contributed by atoms with van der Waals surface area (Å²) in [5, 5.41) is 8.27. The molecule has 102 valence electrons. The first kappa shape index (κ1) is 12.5. The van der Waals surface area contributed by atoms with Crippen LogP contribution in [0, 0.1) is 13.8 Å². The second-order valence-corrected chi connectivity index (χ2v) is 4.90. The first-order valence-corrected chi connectivity index (χ1v) is 6.45. The summed E-state index contributed by atoms with van der Waals surface area (Å²) in [5.41, 5.74) is 4.08. The van der Waals surface area contributed by atoms with Crippen LogP contribution in [0.3, 0.4) is 0 Å². The van der Waals surface area contributed by atoms with Crippen molar-refractivity contribution in [3.63, 3.8) is 0 Å². The van der Waals surface area contributed by atoms with Crippen LogP contribution in [-0.2, 0) is 7.05 Å². The van der Waals surface area contributed by atoms with Gasteiger partial charge in [0.2, 0.25) is 0 Å². The molecular formula is C15H16N4O. The molecule has 0 spiro atoms. The van der Waals surface area contributed by atoms with E-state index >= 15 is 0 Å². The number of fused-ring (bicyclic) bond motifs is 1. The number of aromatic amines is 1. The van der Waals surface area contributed by atoms with Gasteiger partial charge in [-0.05, 0) is 38.1 Å². The van der Waals surface area contributed by atoms with E-state index < -0.39 is 0 Å². The highest BCUT2D eigenvalue weighted by Gasteiger charge is 2.17. The van der Waals surface area contributed by atoms with Crippen molar-refractivity contribution in [1.29, 1.82) is 0 Å². The van der Waals surface area contributed by atoms with Crippen LogP contribution in [-0.4, -0.2) is 20.7 Å². The lowest BCUT2D eigenvalue weighted by atomic mass is 10.1. The predicted octanol–water partition coefficient (Wildman–Crippen LogP) is 2.77. The molecule has 0 saturated heterocycles.